The number of aryl methyl sites for hydroxylation is 1. The average molecular weight is 261 g/mol. The quantitative estimate of drug-likeness (QED) is 0.815. The van der Waals surface area contributed by atoms with Crippen LogP contribution in [0.4, 0.5) is 0 Å². The maximum Gasteiger partial charge on any atom is 0.221 e. The van der Waals surface area contributed by atoms with Crippen LogP contribution in [-0.2, 0) is 11.8 Å². The lowest BCUT2D eigenvalue weighted by Gasteiger charge is -2.12. The van der Waals surface area contributed by atoms with E-state index in [4.69, 9.17) is 0 Å². The van der Waals surface area contributed by atoms with Gasteiger partial charge in [-0.1, -0.05) is 15.9 Å². The minimum atomic E-state index is -0.103. The highest BCUT2D eigenvalue weighted by atomic mass is 79.9. The molecule has 0 fully saturated rings. The van der Waals surface area contributed by atoms with Crippen molar-refractivity contribution < 1.29 is 4.79 Å². The van der Waals surface area contributed by atoms with Gasteiger partial charge in [0.1, 0.15) is 6.33 Å². The summed E-state index contributed by atoms with van der Waals surface area (Å²) < 4.78 is 1.79. The van der Waals surface area contributed by atoms with E-state index in [0.29, 0.717) is 11.8 Å². The number of amides is 1. The third kappa shape index (κ3) is 2.80. The lowest BCUT2D eigenvalue weighted by Crippen LogP contribution is -2.28. The molecule has 0 aliphatic carbocycles. The van der Waals surface area contributed by atoms with Crippen molar-refractivity contribution in [3.8, 4) is 0 Å². The van der Waals surface area contributed by atoms with Crippen molar-refractivity contribution in [2.75, 3.05) is 5.33 Å². The molecular formula is C8H13BrN4O. The zero-order chi connectivity index (χ0) is 10.6. The molecule has 0 radical (unpaired) electrons. The van der Waals surface area contributed by atoms with Gasteiger partial charge in [0.25, 0.3) is 0 Å². The van der Waals surface area contributed by atoms with E-state index >= 15 is 0 Å². The minimum Gasteiger partial charge on any atom is -0.346 e. The Bertz CT molecular complexity index is 312. The summed E-state index contributed by atoms with van der Waals surface area (Å²) in [5, 5.41) is 11.2. The number of nitrogens with zero attached hydrogens (tertiary/aromatic N) is 3. The van der Waals surface area contributed by atoms with E-state index in [-0.39, 0.29) is 11.9 Å². The number of rotatable bonds is 4. The second-order valence-electron chi connectivity index (χ2n) is 3.03. The van der Waals surface area contributed by atoms with Crippen molar-refractivity contribution in [2.24, 2.45) is 7.05 Å². The van der Waals surface area contributed by atoms with E-state index in [1.807, 2.05) is 14.0 Å². The van der Waals surface area contributed by atoms with Crippen LogP contribution < -0.4 is 5.32 Å². The highest BCUT2D eigenvalue weighted by Gasteiger charge is 2.13. The molecule has 0 aliphatic heterocycles. The number of hydrogen-bond donors (Lipinski definition) is 1. The smallest absolute Gasteiger partial charge is 0.221 e. The van der Waals surface area contributed by atoms with Crippen molar-refractivity contribution in [1.82, 2.24) is 20.1 Å². The summed E-state index contributed by atoms with van der Waals surface area (Å²) >= 11 is 3.21. The molecule has 0 bridgehead atoms. The Balaban J connectivity index is 2.54. The number of halogens is 1. The van der Waals surface area contributed by atoms with Crippen LogP contribution in [-0.4, -0.2) is 26.0 Å². The summed E-state index contributed by atoms with van der Waals surface area (Å²) in [6, 6.07) is -0.103. The van der Waals surface area contributed by atoms with Gasteiger partial charge >= 0.3 is 0 Å². The lowest BCUT2D eigenvalue weighted by molar-refractivity contribution is -0.121. The standard InChI is InChI=1S/C8H13BrN4O/c1-6(11-7(14)3-4-9)8-12-10-5-13(8)2/h5-6H,3-4H2,1-2H3,(H,11,14). The summed E-state index contributed by atoms with van der Waals surface area (Å²) in [4.78, 5) is 11.3. The Hall–Kier alpha value is -0.910. The minimum absolute atomic E-state index is 0.0115. The van der Waals surface area contributed by atoms with Gasteiger partial charge in [0.05, 0.1) is 6.04 Å². The fourth-order valence-corrected chi connectivity index (χ4v) is 1.51. The molecule has 78 valence electrons. The summed E-state index contributed by atoms with van der Waals surface area (Å²) in [5.41, 5.74) is 0. The zero-order valence-electron chi connectivity index (χ0n) is 8.20. The van der Waals surface area contributed by atoms with Crippen LogP contribution in [0.3, 0.4) is 0 Å². The van der Waals surface area contributed by atoms with Gasteiger partial charge in [-0.15, -0.1) is 10.2 Å². The summed E-state index contributed by atoms with van der Waals surface area (Å²) in [7, 11) is 1.85. The molecule has 1 aromatic heterocycles. The van der Waals surface area contributed by atoms with Crippen molar-refractivity contribution in [3.63, 3.8) is 0 Å². The fraction of sp³-hybridized carbons (Fsp3) is 0.625. The normalized spacial score (nSPS) is 12.5. The molecule has 1 aromatic rings. The van der Waals surface area contributed by atoms with E-state index in [1.54, 1.807) is 10.9 Å². The fourth-order valence-electron chi connectivity index (χ4n) is 1.15. The highest BCUT2D eigenvalue weighted by molar-refractivity contribution is 9.09. The third-order valence-electron chi connectivity index (χ3n) is 1.83. The highest BCUT2D eigenvalue weighted by Crippen LogP contribution is 2.07. The van der Waals surface area contributed by atoms with E-state index in [0.717, 1.165) is 5.82 Å². The molecule has 0 saturated heterocycles. The molecule has 5 nitrogen and oxygen atoms in total. The van der Waals surface area contributed by atoms with Crippen molar-refractivity contribution >= 4 is 21.8 Å². The first-order valence-corrected chi connectivity index (χ1v) is 5.46. The molecule has 0 spiro atoms. The van der Waals surface area contributed by atoms with Crippen LogP contribution in [0.15, 0.2) is 6.33 Å². The molecule has 6 heteroatoms. The maximum absolute atomic E-state index is 11.3. The number of carbonyl (C=O) groups is 1. The SMILES string of the molecule is CC(NC(=O)CCBr)c1nncn1C. The van der Waals surface area contributed by atoms with Crippen LogP contribution in [0.25, 0.3) is 0 Å². The molecule has 0 aliphatic rings. The number of hydrogen-bond acceptors (Lipinski definition) is 3. The average Bonchev–Trinajstić information content (AvgIpc) is 2.51. The van der Waals surface area contributed by atoms with Crippen molar-refractivity contribution in [2.45, 2.75) is 19.4 Å². The molecule has 1 atom stereocenters. The Kier molecular flexibility index (Phi) is 4.06. The van der Waals surface area contributed by atoms with E-state index in [1.165, 1.54) is 0 Å². The summed E-state index contributed by atoms with van der Waals surface area (Å²) in [5.74, 6) is 0.769. The molecule has 14 heavy (non-hydrogen) atoms. The van der Waals surface area contributed by atoms with Gasteiger partial charge in [-0.2, -0.15) is 0 Å². The largest absolute Gasteiger partial charge is 0.346 e. The molecule has 1 heterocycles. The first-order chi connectivity index (χ1) is 6.65. The van der Waals surface area contributed by atoms with E-state index in [2.05, 4.69) is 31.4 Å². The molecular weight excluding hydrogens is 248 g/mol. The van der Waals surface area contributed by atoms with Crippen LogP contribution in [0.1, 0.15) is 25.2 Å². The van der Waals surface area contributed by atoms with E-state index in [9.17, 15) is 4.79 Å². The second kappa shape index (κ2) is 5.09. The molecule has 0 saturated carbocycles. The monoisotopic (exact) mass is 260 g/mol. The predicted molar refractivity (Wildman–Crippen MR) is 56.0 cm³/mol. The van der Waals surface area contributed by atoms with Gasteiger partial charge in [-0.05, 0) is 6.92 Å². The third-order valence-corrected chi connectivity index (χ3v) is 2.23. The van der Waals surface area contributed by atoms with Gasteiger partial charge in [0.2, 0.25) is 5.91 Å². The first-order valence-electron chi connectivity index (χ1n) is 4.34. The Labute approximate surface area is 91.0 Å². The molecule has 1 unspecified atom stereocenters. The summed E-state index contributed by atoms with van der Waals surface area (Å²) in [6.07, 6.45) is 2.09. The lowest BCUT2D eigenvalue weighted by atomic mass is 10.3. The van der Waals surface area contributed by atoms with E-state index < -0.39 is 0 Å². The van der Waals surface area contributed by atoms with Crippen LogP contribution >= 0.6 is 15.9 Å². The maximum atomic E-state index is 11.3. The Morgan fingerprint density at radius 2 is 2.50 bits per heavy atom. The Morgan fingerprint density at radius 3 is 3.00 bits per heavy atom. The van der Waals surface area contributed by atoms with Crippen molar-refractivity contribution in [3.05, 3.63) is 12.2 Å². The van der Waals surface area contributed by atoms with Crippen LogP contribution in [0.2, 0.25) is 0 Å². The zero-order valence-corrected chi connectivity index (χ0v) is 9.78. The molecule has 1 N–H and O–H groups in total. The van der Waals surface area contributed by atoms with Crippen molar-refractivity contribution in [1.29, 1.82) is 0 Å². The van der Waals surface area contributed by atoms with Gasteiger partial charge in [0.15, 0.2) is 5.82 Å². The summed E-state index contributed by atoms with van der Waals surface area (Å²) in [6.45, 7) is 1.89. The van der Waals surface area contributed by atoms with Crippen LogP contribution in [0.5, 0.6) is 0 Å². The van der Waals surface area contributed by atoms with Crippen LogP contribution in [0, 0.1) is 0 Å². The van der Waals surface area contributed by atoms with Gasteiger partial charge in [-0.25, -0.2) is 0 Å². The van der Waals surface area contributed by atoms with Gasteiger partial charge in [-0.3, -0.25) is 4.79 Å². The number of alkyl halides is 1. The second-order valence-corrected chi connectivity index (χ2v) is 3.82. The number of nitrogens with one attached hydrogen (secondary N) is 1. The molecule has 1 amide bonds. The predicted octanol–water partition coefficient (Wildman–Crippen LogP) is 0.777. The van der Waals surface area contributed by atoms with Gasteiger partial charge in [0, 0.05) is 18.8 Å². The first kappa shape index (κ1) is 11.2. The number of aromatic nitrogens is 3. The Morgan fingerprint density at radius 1 is 1.79 bits per heavy atom. The topological polar surface area (TPSA) is 59.8 Å². The number of carbonyl (C=O) groups excluding carboxylic acids is 1. The van der Waals surface area contributed by atoms with Gasteiger partial charge < -0.3 is 9.88 Å². The molecule has 0 aromatic carbocycles. The molecule has 1 rings (SSSR count).